The van der Waals surface area contributed by atoms with Gasteiger partial charge in [0.2, 0.25) is 5.95 Å². The molecule has 1 heterocycles. The number of rotatable bonds is 3. The Hall–Kier alpha value is -1.10. The second-order valence-electron chi connectivity index (χ2n) is 4.54. The summed E-state index contributed by atoms with van der Waals surface area (Å²) in [6.07, 6.45) is 7.70. The number of halogens is 1. The van der Waals surface area contributed by atoms with Crippen molar-refractivity contribution in [3.8, 4) is 0 Å². The largest absolute Gasteiger partial charge is 0.349 e. The van der Waals surface area contributed by atoms with Crippen LogP contribution in [-0.4, -0.2) is 28.4 Å². The van der Waals surface area contributed by atoms with Gasteiger partial charge in [0.1, 0.15) is 0 Å². The molecule has 2 rings (SSSR count). The molecule has 1 N–H and O–H groups in total. The van der Waals surface area contributed by atoms with Crippen LogP contribution in [0.15, 0.2) is 18.3 Å². The molecular formula is C13H17FN2OS. The van der Waals surface area contributed by atoms with Gasteiger partial charge in [0.25, 0.3) is 5.91 Å². The van der Waals surface area contributed by atoms with E-state index in [9.17, 15) is 9.18 Å². The lowest BCUT2D eigenvalue weighted by Crippen LogP contribution is -2.39. The molecule has 1 aromatic rings. The van der Waals surface area contributed by atoms with E-state index in [0.717, 1.165) is 19.3 Å². The summed E-state index contributed by atoms with van der Waals surface area (Å²) < 4.78 is 13.4. The maximum absolute atomic E-state index is 13.4. The molecule has 0 aromatic carbocycles. The Labute approximate surface area is 111 Å². The number of hydrogen-bond acceptors (Lipinski definition) is 3. The fourth-order valence-corrected chi connectivity index (χ4v) is 3.14. The zero-order valence-corrected chi connectivity index (χ0v) is 11.2. The van der Waals surface area contributed by atoms with Gasteiger partial charge in [-0.3, -0.25) is 4.79 Å². The van der Waals surface area contributed by atoms with Crippen LogP contribution in [-0.2, 0) is 0 Å². The van der Waals surface area contributed by atoms with Gasteiger partial charge in [0.15, 0.2) is 0 Å². The Morgan fingerprint density at radius 1 is 1.56 bits per heavy atom. The predicted octanol–water partition coefficient (Wildman–Crippen LogP) is 2.62. The molecule has 5 heteroatoms. The first kappa shape index (κ1) is 13.3. The Bertz CT molecular complexity index is 427. The van der Waals surface area contributed by atoms with Crippen molar-refractivity contribution in [1.82, 2.24) is 10.3 Å². The van der Waals surface area contributed by atoms with E-state index >= 15 is 0 Å². The minimum Gasteiger partial charge on any atom is -0.349 e. The van der Waals surface area contributed by atoms with E-state index < -0.39 is 5.95 Å². The van der Waals surface area contributed by atoms with Gasteiger partial charge in [-0.25, -0.2) is 4.98 Å². The summed E-state index contributed by atoms with van der Waals surface area (Å²) >= 11 is 1.84. The molecular weight excluding hydrogens is 251 g/mol. The van der Waals surface area contributed by atoms with Crippen LogP contribution >= 0.6 is 11.8 Å². The van der Waals surface area contributed by atoms with Crippen molar-refractivity contribution in [2.24, 2.45) is 0 Å². The molecule has 3 nitrogen and oxygen atoms in total. The van der Waals surface area contributed by atoms with Crippen LogP contribution in [0.5, 0.6) is 0 Å². The van der Waals surface area contributed by atoms with E-state index in [4.69, 9.17) is 0 Å². The van der Waals surface area contributed by atoms with Crippen molar-refractivity contribution in [2.75, 3.05) is 6.26 Å². The van der Waals surface area contributed by atoms with E-state index in [2.05, 4.69) is 16.6 Å². The zero-order chi connectivity index (χ0) is 13.0. The fourth-order valence-electron chi connectivity index (χ4n) is 2.31. The number of nitrogens with zero attached hydrogens (tertiary/aromatic N) is 1. The highest BCUT2D eigenvalue weighted by molar-refractivity contribution is 7.99. The van der Waals surface area contributed by atoms with E-state index in [-0.39, 0.29) is 17.5 Å². The third-order valence-corrected chi connectivity index (χ3v) is 4.39. The highest BCUT2D eigenvalue weighted by Gasteiger charge is 2.23. The molecule has 1 aliphatic carbocycles. The summed E-state index contributed by atoms with van der Waals surface area (Å²) in [5, 5.41) is 3.51. The van der Waals surface area contributed by atoms with Crippen LogP contribution in [0.3, 0.4) is 0 Å². The lowest BCUT2D eigenvalue weighted by atomic mass is 9.95. The molecule has 1 fully saturated rings. The lowest BCUT2D eigenvalue weighted by molar-refractivity contribution is 0.0923. The maximum atomic E-state index is 13.4. The van der Waals surface area contributed by atoms with E-state index in [1.54, 1.807) is 6.07 Å². The molecule has 98 valence electrons. The van der Waals surface area contributed by atoms with Gasteiger partial charge in [-0.15, -0.1) is 0 Å². The quantitative estimate of drug-likeness (QED) is 0.857. The second-order valence-corrected chi connectivity index (χ2v) is 5.67. The van der Waals surface area contributed by atoms with Crippen molar-refractivity contribution in [2.45, 2.75) is 37.0 Å². The topological polar surface area (TPSA) is 42.0 Å². The average Bonchev–Trinajstić information content (AvgIpc) is 2.39. The predicted molar refractivity (Wildman–Crippen MR) is 71.2 cm³/mol. The van der Waals surface area contributed by atoms with E-state index in [1.165, 1.54) is 18.7 Å². The SMILES string of the molecule is CSC1CCCC(NC(=O)c2cccnc2F)C1. The Balaban J connectivity index is 1.97. The molecule has 1 saturated carbocycles. The zero-order valence-electron chi connectivity index (χ0n) is 10.4. The summed E-state index contributed by atoms with van der Waals surface area (Å²) in [6, 6.07) is 3.19. The van der Waals surface area contributed by atoms with Crippen LogP contribution in [0.25, 0.3) is 0 Å². The van der Waals surface area contributed by atoms with Gasteiger partial charge in [-0.1, -0.05) is 6.42 Å². The molecule has 0 spiro atoms. The number of thioether (sulfide) groups is 1. The molecule has 2 unspecified atom stereocenters. The second kappa shape index (κ2) is 6.18. The van der Waals surface area contributed by atoms with Gasteiger partial charge in [0, 0.05) is 17.5 Å². The van der Waals surface area contributed by atoms with Crippen molar-refractivity contribution < 1.29 is 9.18 Å². The summed E-state index contributed by atoms with van der Waals surface area (Å²) in [6.45, 7) is 0. The van der Waals surface area contributed by atoms with Gasteiger partial charge in [-0.2, -0.15) is 16.2 Å². The minimum absolute atomic E-state index is 0.0313. The molecule has 0 aliphatic heterocycles. The Morgan fingerprint density at radius 2 is 2.39 bits per heavy atom. The third-order valence-electron chi connectivity index (χ3n) is 3.30. The monoisotopic (exact) mass is 268 g/mol. The first-order chi connectivity index (χ1) is 8.70. The number of hydrogen-bond donors (Lipinski definition) is 1. The summed E-state index contributed by atoms with van der Waals surface area (Å²) in [4.78, 5) is 15.4. The maximum Gasteiger partial charge on any atom is 0.256 e. The van der Waals surface area contributed by atoms with Crippen LogP contribution in [0.4, 0.5) is 4.39 Å². The number of aromatic nitrogens is 1. The Kier molecular flexibility index (Phi) is 4.58. The summed E-state index contributed by atoms with van der Waals surface area (Å²) in [5.74, 6) is -1.06. The normalized spacial score (nSPS) is 23.7. The summed E-state index contributed by atoms with van der Waals surface area (Å²) in [7, 11) is 0. The average molecular weight is 268 g/mol. The number of pyridine rings is 1. The smallest absolute Gasteiger partial charge is 0.256 e. The number of carbonyl (C=O) groups is 1. The van der Waals surface area contributed by atoms with Crippen molar-refractivity contribution in [1.29, 1.82) is 0 Å². The van der Waals surface area contributed by atoms with Gasteiger partial charge in [0.05, 0.1) is 5.56 Å². The molecule has 18 heavy (non-hydrogen) atoms. The molecule has 0 radical (unpaired) electrons. The third kappa shape index (κ3) is 3.22. The molecule has 1 aromatic heterocycles. The Morgan fingerprint density at radius 3 is 3.11 bits per heavy atom. The number of nitrogens with one attached hydrogen (secondary N) is 1. The van der Waals surface area contributed by atoms with Gasteiger partial charge >= 0.3 is 0 Å². The van der Waals surface area contributed by atoms with Crippen LogP contribution in [0.2, 0.25) is 0 Å². The summed E-state index contributed by atoms with van der Waals surface area (Å²) in [5.41, 5.74) is 0.0313. The molecule has 2 atom stereocenters. The fraction of sp³-hybridized carbons (Fsp3) is 0.538. The molecule has 0 saturated heterocycles. The molecule has 1 amide bonds. The molecule has 1 aliphatic rings. The van der Waals surface area contributed by atoms with Crippen molar-refractivity contribution in [3.05, 3.63) is 29.8 Å². The first-order valence-corrected chi connectivity index (χ1v) is 7.43. The van der Waals surface area contributed by atoms with Crippen molar-refractivity contribution in [3.63, 3.8) is 0 Å². The highest BCUT2D eigenvalue weighted by Crippen LogP contribution is 2.27. The van der Waals surface area contributed by atoms with E-state index in [1.807, 2.05) is 11.8 Å². The van der Waals surface area contributed by atoms with Crippen LogP contribution in [0, 0.1) is 5.95 Å². The van der Waals surface area contributed by atoms with Crippen LogP contribution in [0.1, 0.15) is 36.0 Å². The number of amides is 1. The standard InChI is InChI=1S/C13H17FN2OS/c1-18-10-5-2-4-9(8-10)16-13(17)11-6-3-7-15-12(11)14/h3,6-7,9-10H,2,4-5,8H2,1H3,(H,16,17). The van der Waals surface area contributed by atoms with Crippen molar-refractivity contribution >= 4 is 17.7 Å². The van der Waals surface area contributed by atoms with Gasteiger partial charge in [-0.05, 0) is 37.7 Å². The minimum atomic E-state index is -0.702. The number of carbonyl (C=O) groups excluding carboxylic acids is 1. The van der Waals surface area contributed by atoms with Gasteiger partial charge < -0.3 is 5.32 Å². The molecule has 0 bridgehead atoms. The van der Waals surface area contributed by atoms with E-state index in [0.29, 0.717) is 5.25 Å². The van der Waals surface area contributed by atoms with Crippen LogP contribution < -0.4 is 5.32 Å². The first-order valence-electron chi connectivity index (χ1n) is 6.15. The highest BCUT2D eigenvalue weighted by atomic mass is 32.2. The lowest BCUT2D eigenvalue weighted by Gasteiger charge is -2.28.